The van der Waals surface area contributed by atoms with Gasteiger partial charge >= 0.3 is 0 Å². The molecule has 3 rings (SSSR count). The predicted molar refractivity (Wildman–Crippen MR) is 69.9 cm³/mol. The van der Waals surface area contributed by atoms with Crippen molar-refractivity contribution in [2.75, 3.05) is 0 Å². The number of hydrogen-bond donors (Lipinski definition) is 1. The molecule has 0 bridgehead atoms. The van der Waals surface area contributed by atoms with Crippen molar-refractivity contribution in [3.8, 4) is 0 Å². The number of furan rings is 1. The van der Waals surface area contributed by atoms with Crippen LogP contribution in [-0.4, -0.2) is 5.54 Å². The van der Waals surface area contributed by atoms with E-state index in [9.17, 15) is 0 Å². The average molecular weight is 229 g/mol. The number of rotatable bonds is 3. The molecule has 0 radical (unpaired) electrons. The average Bonchev–Trinajstić information content (AvgIpc) is 2.83. The molecule has 0 aliphatic heterocycles. The molecule has 1 atom stereocenters. The van der Waals surface area contributed by atoms with Gasteiger partial charge in [0.05, 0.1) is 6.26 Å². The summed E-state index contributed by atoms with van der Waals surface area (Å²) in [6, 6.07) is 8.39. The van der Waals surface area contributed by atoms with Crippen molar-refractivity contribution in [3.63, 3.8) is 0 Å². The molecule has 1 unspecified atom stereocenters. The summed E-state index contributed by atoms with van der Waals surface area (Å²) < 4.78 is 5.65. The molecule has 1 aromatic heterocycles. The van der Waals surface area contributed by atoms with E-state index < -0.39 is 0 Å². The quantitative estimate of drug-likeness (QED) is 0.872. The Balaban J connectivity index is 2.15. The molecule has 1 heterocycles. The summed E-state index contributed by atoms with van der Waals surface area (Å²) in [6.07, 6.45) is 4.03. The molecule has 1 aliphatic carbocycles. The highest BCUT2D eigenvalue weighted by atomic mass is 16.3. The summed E-state index contributed by atoms with van der Waals surface area (Å²) in [4.78, 5) is 0. The second-order valence-corrected chi connectivity index (χ2v) is 5.64. The largest absolute Gasteiger partial charge is 0.464 e. The lowest BCUT2D eigenvalue weighted by atomic mass is 9.80. The van der Waals surface area contributed by atoms with Crippen molar-refractivity contribution < 1.29 is 4.42 Å². The highest BCUT2D eigenvalue weighted by Gasteiger charge is 2.48. The lowest BCUT2D eigenvalue weighted by Crippen LogP contribution is -2.33. The smallest absolute Gasteiger partial charge is 0.137 e. The standard InChI is InChI=1S/C15H19NO/c1-10(2)13(15(16)7-8-15)12-5-3-4-11-6-9-17-14(11)12/h3-6,9-10,13H,7-8,16H2,1-2H3. The van der Waals surface area contributed by atoms with Gasteiger partial charge in [0.1, 0.15) is 5.58 Å². The third-order valence-corrected chi connectivity index (χ3v) is 3.96. The van der Waals surface area contributed by atoms with Gasteiger partial charge in [0.15, 0.2) is 0 Å². The molecule has 0 saturated heterocycles. The molecular weight excluding hydrogens is 210 g/mol. The molecule has 0 spiro atoms. The van der Waals surface area contributed by atoms with E-state index in [0.29, 0.717) is 11.8 Å². The molecule has 2 aromatic rings. The monoisotopic (exact) mass is 229 g/mol. The first kappa shape index (κ1) is 10.8. The van der Waals surface area contributed by atoms with Gasteiger partial charge in [0.2, 0.25) is 0 Å². The van der Waals surface area contributed by atoms with E-state index in [1.54, 1.807) is 6.26 Å². The minimum Gasteiger partial charge on any atom is -0.464 e. The number of hydrogen-bond acceptors (Lipinski definition) is 2. The Kier molecular flexibility index (Phi) is 2.30. The van der Waals surface area contributed by atoms with Crippen LogP contribution in [0.3, 0.4) is 0 Å². The number of nitrogens with two attached hydrogens (primary N) is 1. The molecule has 2 heteroatoms. The normalized spacial score (nSPS) is 19.8. The lowest BCUT2D eigenvalue weighted by Gasteiger charge is -2.27. The second-order valence-electron chi connectivity index (χ2n) is 5.64. The maximum absolute atomic E-state index is 6.44. The Morgan fingerprint density at radius 3 is 2.65 bits per heavy atom. The first-order chi connectivity index (χ1) is 8.12. The van der Waals surface area contributed by atoms with Gasteiger partial charge < -0.3 is 10.2 Å². The number of para-hydroxylation sites is 1. The van der Waals surface area contributed by atoms with E-state index in [2.05, 4.69) is 32.0 Å². The predicted octanol–water partition coefficient (Wildman–Crippen LogP) is 3.66. The van der Waals surface area contributed by atoms with Gasteiger partial charge in [-0.1, -0.05) is 32.0 Å². The summed E-state index contributed by atoms with van der Waals surface area (Å²) in [5, 5.41) is 1.18. The maximum Gasteiger partial charge on any atom is 0.137 e. The van der Waals surface area contributed by atoms with Crippen LogP contribution in [0.25, 0.3) is 11.0 Å². The summed E-state index contributed by atoms with van der Waals surface area (Å²) in [5.41, 5.74) is 8.73. The Morgan fingerprint density at radius 1 is 1.24 bits per heavy atom. The molecular formula is C15H19NO. The van der Waals surface area contributed by atoms with Crippen molar-refractivity contribution in [2.24, 2.45) is 11.7 Å². The molecule has 1 fully saturated rings. The topological polar surface area (TPSA) is 39.2 Å². The van der Waals surface area contributed by atoms with Gasteiger partial charge in [0.25, 0.3) is 0 Å². The highest BCUT2D eigenvalue weighted by Crippen LogP contribution is 2.50. The first-order valence-electron chi connectivity index (χ1n) is 6.37. The zero-order chi connectivity index (χ0) is 12.0. The Hall–Kier alpha value is -1.28. The van der Waals surface area contributed by atoms with E-state index in [4.69, 9.17) is 10.2 Å². The molecule has 90 valence electrons. The maximum atomic E-state index is 6.44. The van der Waals surface area contributed by atoms with Crippen molar-refractivity contribution in [1.82, 2.24) is 0 Å². The first-order valence-corrected chi connectivity index (χ1v) is 6.37. The van der Waals surface area contributed by atoms with E-state index in [1.165, 1.54) is 10.9 Å². The fourth-order valence-corrected chi connectivity index (χ4v) is 3.05. The van der Waals surface area contributed by atoms with E-state index in [-0.39, 0.29) is 5.54 Å². The minimum atomic E-state index is -0.00472. The zero-order valence-electron chi connectivity index (χ0n) is 10.4. The van der Waals surface area contributed by atoms with Crippen LogP contribution in [0.2, 0.25) is 0 Å². The molecule has 2 N–H and O–H groups in total. The Labute approximate surface area is 102 Å². The Morgan fingerprint density at radius 2 is 2.00 bits per heavy atom. The van der Waals surface area contributed by atoms with Crippen molar-refractivity contribution in [2.45, 2.75) is 38.1 Å². The van der Waals surface area contributed by atoms with Crippen LogP contribution in [0, 0.1) is 5.92 Å². The Bertz CT molecular complexity index is 537. The molecule has 17 heavy (non-hydrogen) atoms. The van der Waals surface area contributed by atoms with Gasteiger partial charge in [0, 0.05) is 22.4 Å². The molecule has 1 aliphatic rings. The van der Waals surface area contributed by atoms with Crippen LogP contribution in [-0.2, 0) is 0 Å². The van der Waals surface area contributed by atoms with Crippen LogP contribution in [0.4, 0.5) is 0 Å². The lowest BCUT2D eigenvalue weighted by molar-refractivity contribution is 0.401. The van der Waals surface area contributed by atoms with E-state index in [1.807, 2.05) is 6.07 Å². The second kappa shape index (κ2) is 3.61. The van der Waals surface area contributed by atoms with Crippen LogP contribution in [0.1, 0.15) is 38.2 Å². The van der Waals surface area contributed by atoms with Crippen molar-refractivity contribution >= 4 is 11.0 Å². The summed E-state index contributed by atoms with van der Waals surface area (Å²) in [7, 11) is 0. The van der Waals surface area contributed by atoms with Crippen molar-refractivity contribution in [3.05, 3.63) is 36.1 Å². The summed E-state index contributed by atoms with van der Waals surface area (Å²) >= 11 is 0. The minimum absolute atomic E-state index is 0.00472. The summed E-state index contributed by atoms with van der Waals surface area (Å²) in [5.74, 6) is 0.940. The van der Waals surface area contributed by atoms with Gasteiger partial charge in [-0.3, -0.25) is 0 Å². The fourth-order valence-electron chi connectivity index (χ4n) is 3.05. The number of fused-ring (bicyclic) bond motifs is 1. The van der Waals surface area contributed by atoms with E-state index in [0.717, 1.165) is 18.4 Å². The molecule has 2 nitrogen and oxygen atoms in total. The van der Waals surface area contributed by atoms with Gasteiger partial charge in [-0.25, -0.2) is 0 Å². The van der Waals surface area contributed by atoms with Crippen molar-refractivity contribution in [1.29, 1.82) is 0 Å². The van der Waals surface area contributed by atoms with Crippen LogP contribution in [0.15, 0.2) is 34.9 Å². The van der Waals surface area contributed by atoms with E-state index >= 15 is 0 Å². The van der Waals surface area contributed by atoms with Crippen LogP contribution in [0.5, 0.6) is 0 Å². The highest BCUT2D eigenvalue weighted by molar-refractivity contribution is 5.81. The van der Waals surface area contributed by atoms with Crippen LogP contribution < -0.4 is 5.73 Å². The third-order valence-electron chi connectivity index (χ3n) is 3.96. The SMILES string of the molecule is CC(C)C(c1cccc2ccoc12)C1(N)CC1. The zero-order valence-corrected chi connectivity index (χ0v) is 10.4. The fraction of sp³-hybridized carbons (Fsp3) is 0.467. The molecule has 0 amide bonds. The molecule has 1 saturated carbocycles. The summed E-state index contributed by atoms with van der Waals surface area (Å²) in [6.45, 7) is 4.50. The van der Waals surface area contributed by atoms with Crippen LogP contribution >= 0.6 is 0 Å². The number of benzene rings is 1. The van der Waals surface area contributed by atoms with Gasteiger partial charge in [-0.2, -0.15) is 0 Å². The van der Waals surface area contributed by atoms with Gasteiger partial charge in [-0.05, 0) is 24.8 Å². The molecule has 1 aromatic carbocycles. The van der Waals surface area contributed by atoms with Gasteiger partial charge in [-0.15, -0.1) is 0 Å². The third kappa shape index (κ3) is 1.67.